The molecule has 0 amide bonds. The van der Waals surface area contributed by atoms with E-state index < -0.39 is 0 Å². The van der Waals surface area contributed by atoms with E-state index >= 15 is 0 Å². The SMILES string of the molecule is CCNCc1cnc(N2CCOC3CCCCC32)c(Cl)c1. The third-order valence-corrected chi connectivity index (χ3v) is 4.74. The van der Waals surface area contributed by atoms with Gasteiger partial charge in [-0.1, -0.05) is 31.4 Å². The van der Waals surface area contributed by atoms with Crippen LogP contribution in [0.15, 0.2) is 12.3 Å². The number of pyridine rings is 1. The standard InChI is InChI=1S/C16H24ClN3O/c1-2-18-10-12-9-13(17)16(19-11-12)20-7-8-21-15-6-4-3-5-14(15)20/h9,11,14-15,18H,2-8,10H2,1H3. The zero-order chi connectivity index (χ0) is 14.7. The Labute approximate surface area is 131 Å². The Morgan fingerprint density at radius 2 is 2.29 bits per heavy atom. The van der Waals surface area contributed by atoms with Crippen LogP contribution in [0.2, 0.25) is 5.02 Å². The van der Waals surface area contributed by atoms with Crippen molar-refractivity contribution in [2.45, 2.75) is 51.3 Å². The zero-order valence-corrected chi connectivity index (χ0v) is 13.4. The predicted molar refractivity (Wildman–Crippen MR) is 86.0 cm³/mol. The zero-order valence-electron chi connectivity index (χ0n) is 12.6. The number of anilines is 1. The van der Waals surface area contributed by atoms with E-state index in [1.165, 1.54) is 19.3 Å². The fourth-order valence-corrected chi connectivity index (χ4v) is 3.70. The van der Waals surface area contributed by atoms with Crippen molar-refractivity contribution in [2.75, 3.05) is 24.6 Å². The minimum Gasteiger partial charge on any atom is -0.374 e. The molecule has 1 aromatic heterocycles. The molecule has 21 heavy (non-hydrogen) atoms. The first-order chi connectivity index (χ1) is 10.3. The first-order valence-electron chi connectivity index (χ1n) is 8.03. The molecule has 1 N–H and O–H groups in total. The number of nitrogens with one attached hydrogen (secondary N) is 1. The largest absolute Gasteiger partial charge is 0.374 e. The second-order valence-electron chi connectivity index (χ2n) is 5.88. The summed E-state index contributed by atoms with van der Waals surface area (Å²) >= 11 is 6.50. The van der Waals surface area contributed by atoms with Gasteiger partial charge in [0.25, 0.3) is 0 Å². The van der Waals surface area contributed by atoms with Crippen molar-refractivity contribution in [1.82, 2.24) is 10.3 Å². The third-order valence-electron chi connectivity index (χ3n) is 4.46. The van der Waals surface area contributed by atoms with Crippen molar-refractivity contribution in [3.8, 4) is 0 Å². The second-order valence-corrected chi connectivity index (χ2v) is 6.29. The smallest absolute Gasteiger partial charge is 0.147 e. The van der Waals surface area contributed by atoms with Crippen LogP contribution in [0.1, 0.15) is 38.2 Å². The highest BCUT2D eigenvalue weighted by molar-refractivity contribution is 6.33. The van der Waals surface area contributed by atoms with Gasteiger partial charge in [0.1, 0.15) is 5.82 Å². The fraction of sp³-hybridized carbons (Fsp3) is 0.688. The summed E-state index contributed by atoms with van der Waals surface area (Å²) in [6.45, 7) is 5.53. The predicted octanol–water partition coefficient (Wildman–Crippen LogP) is 2.99. The summed E-state index contributed by atoms with van der Waals surface area (Å²) in [5.74, 6) is 0.928. The van der Waals surface area contributed by atoms with Crippen molar-refractivity contribution >= 4 is 17.4 Å². The van der Waals surface area contributed by atoms with Gasteiger partial charge >= 0.3 is 0 Å². The van der Waals surface area contributed by atoms with E-state index in [0.717, 1.165) is 49.1 Å². The van der Waals surface area contributed by atoms with Crippen LogP contribution in [0.25, 0.3) is 0 Å². The first kappa shape index (κ1) is 15.1. The summed E-state index contributed by atoms with van der Waals surface area (Å²) in [6, 6.07) is 2.48. The van der Waals surface area contributed by atoms with Gasteiger partial charge in [-0.2, -0.15) is 0 Å². The number of ether oxygens (including phenoxy) is 1. The van der Waals surface area contributed by atoms with Crippen LogP contribution >= 0.6 is 11.6 Å². The minimum absolute atomic E-state index is 0.354. The number of halogens is 1. The molecule has 5 heteroatoms. The Kier molecular flexibility index (Phi) is 4.99. The van der Waals surface area contributed by atoms with Gasteiger partial charge in [-0.15, -0.1) is 0 Å². The molecule has 2 atom stereocenters. The van der Waals surface area contributed by atoms with Gasteiger partial charge in [-0.25, -0.2) is 4.98 Å². The van der Waals surface area contributed by atoms with E-state index in [0.29, 0.717) is 12.1 Å². The van der Waals surface area contributed by atoms with E-state index in [-0.39, 0.29) is 0 Å². The van der Waals surface area contributed by atoms with Crippen LogP contribution in [0.4, 0.5) is 5.82 Å². The van der Waals surface area contributed by atoms with Crippen molar-refractivity contribution in [2.24, 2.45) is 0 Å². The topological polar surface area (TPSA) is 37.4 Å². The number of fused-ring (bicyclic) bond motifs is 1. The molecule has 1 aliphatic carbocycles. The number of rotatable bonds is 4. The quantitative estimate of drug-likeness (QED) is 0.928. The molecule has 0 bridgehead atoms. The van der Waals surface area contributed by atoms with Crippen molar-refractivity contribution < 1.29 is 4.74 Å². The fourth-order valence-electron chi connectivity index (χ4n) is 3.41. The molecule has 2 fully saturated rings. The summed E-state index contributed by atoms with van der Waals surface area (Å²) in [5, 5.41) is 4.06. The van der Waals surface area contributed by atoms with Crippen LogP contribution in [-0.4, -0.2) is 36.8 Å². The number of hydrogen-bond acceptors (Lipinski definition) is 4. The molecule has 1 saturated carbocycles. The summed E-state index contributed by atoms with van der Waals surface area (Å²) in [7, 11) is 0. The lowest BCUT2D eigenvalue weighted by Crippen LogP contribution is -2.53. The molecule has 2 unspecified atom stereocenters. The highest BCUT2D eigenvalue weighted by Gasteiger charge is 2.35. The molecule has 1 aliphatic heterocycles. The van der Waals surface area contributed by atoms with Crippen LogP contribution < -0.4 is 10.2 Å². The van der Waals surface area contributed by atoms with E-state index in [1.54, 1.807) is 0 Å². The molecule has 2 heterocycles. The molecule has 2 aliphatic rings. The normalized spacial score (nSPS) is 25.7. The maximum absolute atomic E-state index is 6.50. The lowest BCUT2D eigenvalue weighted by Gasteiger charge is -2.44. The Hall–Kier alpha value is -0.840. The molecule has 1 saturated heterocycles. The maximum atomic E-state index is 6.50. The molecule has 1 aromatic rings. The van der Waals surface area contributed by atoms with Crippen LogP contribution in [0, 0.1) is 0 Å². The Bertz CT molecular complexity index is 481. The van der Waals surface area contributed by atoms with Crippen LogP contribution in [0.3, 0.4) is 0 Å². The van der Waals surface area contributed by atoms with Gasteiger partial charge < -0.3 is 15.0 Å². The van der Waals surface area contributed by atoms with Crippen LogP contribution in [-0.2, 0) is 11.3 Å². The Balaban J connectivity index is 1.78. The summed E-state index contributed by atoms with van der Waals surface area (Å²) in [6.07, 6.45) is 7.19. The molecule has 0 radical (unpaired) electrons. The first-order valence-corrected chi connectivity index (χ1v) is 8.40. The number of morpholine rings is 1. The van der Waals surface area contributed by atoms with Crippen LogP contribution in [0.5, 0.6) is 0 Å². The molecule has 4 nitrogen and oxygen atoms in total. The van der Waals surface area contributed by atoms with Gasteiger partial charge in [-0.3, -0.25) is 0 Å². The average molecular weight is 310 g/mol. The van der Waals surface area contributed by atoms with Gasteiger partial charge in [-0.05, 0) is 31.0 Å². The maximum Gasteiger partial charge on any atom is 0.147 e. The monoisotopic (exact) mass is 309 g/mol. The molecule has 3 rings (SSSR count). The third kappa shape index (κ3) is 3.33. The van der Waals surface area contributed by atoms with E-state index in [4.69, 9.17) is 16.3 Å². The van der Waals surface area contributed by atoms with Crippen molar-refractivity contribution in [3.63, 3.8) is 0 Å². The number of nitrogens with zero attached hydrogens (tertiary/aromatic N) is 2. The Morgan fingerprint density at radius 3 is 3.10 bits per heavy atom. The molecule has 0 spiro atoms. The lowest BCUT2D eigenvalue weighted by molar-refractivity contribution is -0.00897. The number of hydrogen-bond donors (Lipinski definition) is 1. The summed E-state index contributed by atoms with van der Waals surface area (Å²) < 4.78 is 5.93. The lowest BCUT2D eigenvalue weighted by atomic mass is 9.90. The minimum atomic E-state index is 0.354. The van der Waals surface area contributed by atoms with Gasteiger partial charge in [0.2, 0.25) is 0 Å². The van der Waals surface area contributed by atoms with Crippen molar-refractivity contribution in [1.29, 1.82) is 0 Å². The number of aromatic nitrogens is 1. The molecule has 116 valence electrons. The second kappa shape index (κ2) is 6.95. The highest BCUT2D eigenvalue weighted by Crippen LogP contribution is 2.34. The summed E-state index contributed by atoms with van der Waals surface area (Å²) in [4.78, 5) is 7.01. The Morgan fingerprint density at radius 1 is 1.43 bits per heavy atom. The van der Waals surface area contributed by atoms with Gasteiger partial charge in [0, 0.05) is 19.3 Å². The highest BCUT2D eigenvalue weighted by atomic mass is 35.5. The average Bonchev–Trinajstić information content (AvgIpc) is 2.53. The van der Waals surface area contributed by atoms with E-state index in [1.807, 2.05) is 12.3 Å². The van der Waals surface area contributed by atoms with E-state index in [2.05, 4.69) is 22.1 Å². The molecular formula is C16H24ClN3O. The van der Waals surface area contributed by atoms with Crippen molar-refractivity contribution in [3.05, 3.63) is 22.8 Å². The van der Waals surface area contributed by atoms with Gasteiger partial charge in [0.15, 0.2) is 0 Å². The van der Waals surface area contributed by atoms with E-state index in [9.17, 15) is 0 Å². The molecular weight excluding hydrogens is 286 g/mol. The summed E-state index contributed by atoms with van der Waals surface area (Å²) in [5.41, 5.74) is 1.14. The van der Waals surface area contributed by atoms with Gasteiger partial charge in [0.05, 0.1) is 23.8 Å². The molecule has 0 aromatic carbocycles.